The molecular formula is C33H36N6O4. The van der Waals surface area contributed by atoms with Crippen LogP contribution in [0.1, 0.15) is 40.8 Å². The number of hydrogen-bond acceptors (Lipinski definition) is 7. The van der Waals surface area contributed by atoms with Gasteiger partial charge < -0.3 is 24.1 Å². The van der Waals surface area contributed by atoms with Gasteiger partial charge in [0, 0.05) is 68.7 Å². The Bertz CT molecular complexity index is 1830. The number of ether oxygens (including phenoxy) is 3. The summed E-state index contributed by atoms with van der Waals surface area (Å²) in [5, 5.41) is 3.93. The zero-order valence-corrected chi connectivity index (χ0v) is 25.0. The first-order valence-electron chi connectivity index (χ1n) is 14.7. The highest BCUT2D eigenvalue weighted by Crippen LogP contribution is 2.38. The lowest BCUT2D eigenvalue weighted by atomic mass is 9.94. The maximum Gasteiger partial charge on any atom is 0.272 e. The van der Waals surface area contributed by atoms with E-state index >= 15 is 0 Å². The van der Waals surface area contributed by atoms with Crippen LogP contribution in [0.3, 0.4) is 0 Å². The van der Waals surface area contributed by atoms with E-state index in [1.807, 2.05) is 73.4 Å². The van der Waals surface area contributed by atoms with Crippen LogP contribution in [-0.4, -0.2) is 76.3 Å². The Kier molecular flexibility index (Phi) is 7.03. The van der Waals surface area contributed by atoms with Crippen LogP contribution in [0.5, 0.6) is 11.5 Å². The summed E-state index contributed by atoms with van der Waals surface area (Å²) in [6.07, 6.45) is 6.05. The molecule has 1 N–H and O–H groups in total. The number of nitrogens with one attached hydrogen (secondary N) is 1. The SMILES string of the molecule is COc1cc(-c2nc(C3CN(C4CCOCC4)C3)n3ccnc(C)c23)ccc1NC(=O)c1cc2c(OC)cccc2n1C. The highest BCUT2D eigenvalue weighted by Gasteiger charge is 2.37. The highest BCUT2D eigenvalue weighted by atomic mass is 16.5. The summed E-state index contributed by atoms with van der Waals surface area (Å²) >= 11 is 0. The third-order valence-corrected chi connectivity index (χ3v) is 8.97. The third kappa shape index (κ3) is 4.71. The molecular weight excluding hydrogens is 544 g/mol. The molecule has 0 unspecified atom stereocenters. The van der Waals surface area contributed by atoms with E-state index in [9.17, 15) is 4.79 Å². The molecule has 0 bridgehead atoms. The summed E-state index contributed by atoms with van der Waals surface area (Å²) in [4.78, 5) is 25.8. The first-order chi connectivity index (χ1) is 21.0. The average Bonchev–Trinajstić information content (AvgIpc) is 3.56. The molecule has 0 radical (unpaired) electrons. The smallest absolute Gasteiger partial charge is 0.272 e. The van der Waals surface area contributed by atoms with Crippen LogP contribution in [0.4, 0.5) is 5.69 Å². The molecule has 222 valence electrons. The van der Waals surface area contributed by atoms with Crippen LogP contribution in [0.2, 0.25) is 0 Å². The normalized spacial score (nSPS) is 16.5. The van der Waals surface area contributed by atoms with Gasteiger partial charge in [-0.15, -0.1) is 0 Å². The molecule has 10 nitrogen and oxygen atoms in total. The van der Waals surface area contributed by atoms with Crippen LogP contribution >= 0.6 is 0 Å². The van der Waals surface area contributed by atoms with Crippen molar-refractivity contribution in [3.05, 3.63) is 72.1 Å². The molecule has 1 amide bonds. The summed E-state index contributed by atoms with van der Waals surface area (Å²) in [6.45, 7) is 5.71. The number of nitrogens with zero attached hydrogens (tertiary/aromatic N) is 5. The minimum Gasteiger partial charge on any atom is -0.496 e. The van der Waals surface area contributed by atoms with Gasteiger partial charge in [0.05, 0.1) is 42.3 Å². The van der Waals surface area contributed by atoms with Gasteiger partial charge in [-0.25, -0.2) is 4.98 Å². The van der Waals surface area contributed by atoms with Gasteiger partial charge in [0.15, 0.2) is 0 Å². The second kappa shape index (κ2) is 11.0. The lowest BCUT2D eigenvalue weighted by Crippen LogP contribution is -2.52. The summed E-state index contributed by atoms with van der Waals surface area (Å²) in [7, 11) is 5.12. The lowest BCUT2D eigenvalue weighted by molar-refractivity contribution is 0.000268. The first-order valence-corrected chi connectivity index (χ1v) is 14.7. The van der Waals surface area contributed by atoms with Gasteiger partial charge in [0.1, 0.15) is 23.0 Å². The quantitative estimate of drug-likeness (QED) is 0.288. The Hall–Kier alpha value is -4.41. The van der Waals surface area contributed by atoms with Crippen molar-refractivity contribution in [1.29, 1.82) is 0 Å². The van der Waals surface area contributed by atoms with E-state index in [2.05, 4.69) is 19.6 Å². The molecule has 2 fully saturated rings. The minimum atomic E-state index is -0.236. The van der Waals surface area contributed by atoms with E-state index in [4.69, 9.17) is 19.2 Å². The number of amides is 1. The monoisotopic (exact) mass is 580 g/mol. The van der Waals surface area contributed by atoms with Gasteiger partial charge >= 0.3 is 0 Å². The zero-order valence-electron chi connectivity index (χ0n) is 25.0. The average molecular weight is 581 g/mol. The van der Waals surface area contributed by atoms with Crippen molar-refractivity contribution < 1.29 is 19.0 Å². The predicted octanol–water partition coefficient (Wildman–Crippen LogP) is 5.04. The molecule has 0 saturated carbocycles. The number of carbonyl (C=O) groups is 1. The van der Waals surface area contributed by atoms with Gasteiger partial charge in [-0.1, -0.05) is 12.1 Å². The predicted molar refractivity (Wildman–Crippen MR) is 165 cm³/mol. The molecule has 5 aromatic rings. The van der Waals surface area contributed by atoms with Crippen LogP contribution in [0, 0.1) is 6.92 Å². The van der Waals surface area contributed by atoms with Gasteiger partial charge in [-0.3, -0.25) is 19.1 Å². The standard InChI is InChI=1S/C33H36N6O4/c1-20-31-30(36-32(39(31)13-12-34-20)22-18-38(19-22)23-10-14-43-15-11-23)21-8-9-25(29(16-21)42-4)35-33(40)27-17-24-26(37(27)2)6-5-7-28(24)41-3/h5-9,12-13,16-17,22-23H,10-11,14-15,18-19H2,1-4H3,(H,35,40). The van der Waals surface area contributed by atoms with E-state index in [1.165, 1.54) is 0 Å². The number of anilines is 1. The van der Waals surface area contributed by atoms with Crippen molar-refractivity contribution in [2.45, 2.75) is 31.7 Å². The van der Waals surface area contributed by atoms with Gasteiger partial charge in [-0.2, -0.15) is 0 Å². The minimum absolute atomic E-state index is 0.236. The largest absolute Gasteiger partial charge is 0.496 e. The van der Waals surface area contributed by atoms with Crippen molar-refractivity contribution >= 4 is 28.0 Å². The number of hydrogen-bond donors (Lipinski definition) is 1. The van der Waals surface area contributed by atoms with E-state index in [0.29, 0.717) is 29.1 Å². The molecule has 0 aliphatic carbocycles. The van der Waals surface area contributed by atoms with Crippen molar-refractivity contribution in [2.75, 3.05) is 45.8 Å². The molecule has 0 spiro atoms. The zero-order chi connectivity index (χ0) is 29.7. The van der Waals surface area contributed by atoms with E-state index in [-0.39, 0.29) is 5.91 Å². The fourth-order valence-corrected chi connectivity index (χ4v) is 6.59. The summed E-state index contributed by atoms with van der Waals surface area (Å²) < 4.78 is 20.9. The number of rotatable bonds is 7. The number of imidazole rings is 1. The Balaban J connectivity index is 1.18. The van der Waals surface area contributed by atoms with Crippen LogP contribution < -0.4 is 14.8 Å². The number of methoxy groups -OCH3 is 2. The third-order valence-electron chi connectivity index (χ3n) is 8.97. The fraction of sp³-hybridized carbons (Fsp3) is 0.364. The lowest BCUT2D eigenvalue weighted by Gasteiger charge is -2.45. The van der Waals surface area contributed by atoms with Crippen LogP contribution in [-0.2, 0) is 11.8 Å². The molecule has 2 aromatic carbocycles. The van der Waals surface area contributed by atoms with Gasteiger partial charge in [0.2, 0.25) is 0 Å². The summed E-state index contributed by atoms with van der Waals surface area (Å²) in [6, 6.07) is 14.0. The van der Waals surface area contributed by atoms with E-state index < -0.39 is 0 Å². The number of carbonyl (C=O) groups excluding carboxylic acids is 1. The Morgan fingerprint density at radius 3 is 2.60 bits per heavy atom. The first kappa shape index (κ1) is 27.4. The molecule has 2 aliphatic heterocycles. The van der Waals surface area contributed by atoms with Gasteiger partial charge in [0.25, 0.3) is 5.91 Å². The highest BCUT2D eigenvalue weighted by molar-refractivity contribution is 6.08. The Labute approximate surface area is 250 Å². The maximum atomic E-state index is 13.4. The summed E-state index contributed by atoms with van der Waals surface area (Å²) in [5.41, 5.74) is 5.70. The van der Waals surface area contributed by atoms with Crippen molar-refractivity contribution in [3.63, 3.8) is 0 Å². The Morgan fingerprint density at radius 1 is 1.05 bits per heavy atom. The van der Waals surface area contributed by atoms with Crippen molar-refractivity contribution in [1.82, 2.24) is 23.8 Å². The molecule has 5 heterocycles. The molecule has 2 saturated heterocycles. The molecule has 43 heavy (non-hydrogen) atoms. The van der Waals surface area contributed by atoms with Crippen LogP contribution in [0.15, 0.2) is 54.9 Å². The second-order valence-electron chi connectivity index (χ2n) is 11.4. The number of fused-ring (bicyclic) bond motifs is 2. The number of likely N-dealkylation sites (tertiary alicyclic amines) is 1. The van der Waals surface area contributed by atoms with E-state index in [0.717, 1.165) is 84.1 Å². The van der Waals surface area contributed by atoms with Crippen LogP contribution in [0.25, 0.3) is 27.7 Å². The molecule has 7 rings (SSSR count). The molecule has 3 aromatic heterocycles. The maximum absolute atomic E-state index is 13.4. The van der Waals surface area contributed by atoms with Crippen molar-refractivity contribution in [3.8, 4) is 22.8 Å². The molecule has 0 atom stereocenters. The van der Waals surface area contributed by atoms with Crippen molar-refractivity contribution in [2.24, 2.45) is 7.05 Å². The molecule has 2 aliphatic rings. The Morgan fingerprint density at radius 2 is 1.84 bits per heavy atom. The second-order valence-corrected chi connectivity index (χ2v) is 11.4. The summed E-state index contributed by atoms with van der Waals surface area (Å²) in [5.74, 6) is 2.46. The fourth-order valence-electron chi connectivity index (χ4n) is 6.59. The number of aryl methyl sites for hydroxylation is 2. The molecule has 10 heteroatoms. The number of aromatic nitrogens is 4. The number of benzene rings is 2. The van der Waals surface area contributed by atoms with E-state index in [1.54, 1.807) is 14.2 Å². The van der Waals surface area contributed by atoms with Gasteiger partial charge in [-0.05, 0) is 50.1 Å². The topological polar surface area (TPSA) is 95.2 Å².